The van der Waals surface area contributed by atoms with Crippen molar-refractivity contribution >= 4 is 17.8 Å². The highest BCUT2D eigenvalue weighted by atomic mass is 16.2. The van der Waals surface area contributed by atoms with Gasteiger partial charge in [0.25, 0.3) is 0 Å². The van der Waals surface area contributed by atoms with Gasteiger partial charge in [0.1, 0.15) is 0 Å². The number of hydrazone groups is 1. The number of amides is 1. The van der Waals surface area contributed by atoms with Crippen LogP contribution in [0.5, 0.6) is 0 Å². The smallest absolute Gasteiger partial charge is 0.243 e. The van der Waals surface area contributed by atoms with Crippen molar-refractivity contribution in [3.63, 3.8) is 0 Å². The van der Waals surface area contributed by atoms with E-state index in [4.69, 9.17) is 0 Å². The molecule has 0 spiro atoms. The van der Waals surface area contributed by atoms with Crippen molar-refractivity contribution in [2.75, 3.05) is 18.0 Å². The fourth-order valence-electron chi connectivity index (χ4n) is 2.99. The number of rotatable bonds is 6. The average Bonchev–Trinajstić information content (AvgIpc) is 2.58. The second-order valence-corrected chi connectivity index (χ2v) is 5.83. The SMILES string of the molecule is CCN(CC)c1ccc(C=NNC(=O)C2CCCCC2)cc1. The summed E-state index contributed by atoms with van der Waals surface area (Å²) in [5.41, 5.74) is 4.90. The lowest BCUT2D eigenvalue weighted by atomic mass is 9.89. The van der Waals surface area contributed by atoms with E-state index in [0.717, 1.165) is 44.3 Å². The van der Waals surface area contributed by atoms with Crippen LogP contribution in [0, 0.1) is 5.92 Å². The maximum Gasteiger partial charge on any atom is 0.243 e. The summed E-state index contributed by atoms with van der Waals surface area (Å²) in [6, 6.07) is 8.25. The third-order valence-electron chi connectivity index (χ3n) is 4.39. The van der Waals surface area contributed by atoms with Gasteiger partial charge in [0.2, 0.25) is 5.91 Å². The molecule has 0 bridgehead atoms. The number of nitrogens with one attached hydrogen (secondary N) is 1. The summed E-state index contributed by atoms with van der Waals surface area (Å²) in [6.07, 6.45) is 7.29. The van der Waals surface area contributed by atoms with Crippen molar-refractivity contribution in [1.82, 2.24) is 5.43 Å². The monoisotopic (exact) mass is 301 g/mol. The minimum atomic E-state index is 0.0655. The van der Waals surface area contributed by atoms with Crippen molar-refractivity contribution in [1.29, 1.82) is 0 Å². The first-order valence-corrected chi connectivity index (χ1v) is 8.42. The van der Waals surface area contributed by atoms with Gasteiger partial charge in [0.15, 0.2) is 0 Å². The van der Waals surface area contributed by atoms with Gasteiger partial charge < -0.3 is 4.90 Å². The van der Waals surface area contributed by atoms with E-state index in [1.54, 1.807) is 6.21 Å². The molecule has 0 aromatic heterocycles. The average molecular weight is 301 g/mol. The Morgan fingerprint density at radius 2 is 1.82 bits per heavy atom. The molecule has 1 N–H and O–H groups in total. The second-order valence-electron chi connectivity index (χ2n) is 5.83. The summed E-state index contributed by atoms with van der Waals surface area (Å²) in [6.45, 7) is 6.31. The number of nitrogens with zero attached hydrogens (tertiary/aromatic N) is 2. The van der Waals surface area contributed by atoms with Gasteiger partial charge in [0.05, 0.1) is 6.21 Å². The Kier molecular flexibility index (Phi) is 6.44. The van der Waals surface area contributed by atoms with Gasteiger partial charge >= 0.3 is 0 Å². The summed E-state index contributed by atoms with van der Waals surface area (Å²) < 4.78 is 0. The number of benzene rings is 1. The van der Waals surface area contributed by atoms with Crippen molar-refractivity contribution in [2.45, 2.75) is 46.0 Å². The molecule has 2 rings (SSSR count). The van der Waals surface area contributed by atoms with Crippen molar-refractivity contribution < 1.29 is 4.79 Å². The zero-order valence-electron chi connectivity index (χ0n) is 13.7. The van der Waals surface area contributed by atoms with Crippen LogP contribution in [0.15, 0.2) is 29.4 Å². The summed E-state index contributed by atoms with van der Waals surface area (Å²) in [5, 5.41) is 4.09. The molecule has 4 heteroatoms. The summed E-state index contributed by atoms with van der Waals surface area (Å²) >= 11 is 0. The molecule has 0 aliphatic heterocycles. The van der Waals surface area contributed by atoms with E-state index in [2.05, 4.69) is 41.4 Å². The van der Waals surface area contributed by atoms with E-state index in [0.29, 0.717) is 0 Å². The number of hydrogen-bond acceptors (Lipinski definition) is 3. The number of anilines is 1. The highest BCUT2D eigenvalue weighted by molar-refractivity contribution is 5.83. The highest BCUT2D eigenvalue weighted by Crippen LogP contribution is 2.23. The number of carbonyl (C=O) groups is 1. The standard InChI is InChI=1S/C18H27N3O/c1-3-21(4-2)17-12-10-15(11-13-17)14-19-20-18(22)16-8-6-5-7-9-16/h10-14,16H,3-9H2,1-2H3,(H,20,22). The lowest BCUT2D eigenvalue weighted by Gasteiger charge is -2.20. The lowest BCUT2D eigenvalue weighted by molar-refractivity contribution is -0.125. The van der Waals surface area contributed by atoms with Crippen LogP contribution in [0.2, 0.25) is 0 Å². The maximum absolute atomic E-state index is 12.0. The van der Waals surface area contributed by atoms with E-state index in [-0.39, 0.29) is 11.8 Å². The molecule has 1 amide bonds. The summed E-state index contributed by atoms with van der Waals surface area (Å²) in [4.78, 5) is 14.3. The molecule has 1 aliphatic carbocycles. The quantitative estimate of drug-likeness (QED) is 0.645. The zero-order valence-corrected chi connectivity index (χ0v) is 13.7. The first-order chi connectivity index (χ1) is 10.7. The molecule has 1 aliphatic rings. The largest absolute Gasteiger partial charge is 0.372 e. The van der Waals surface area contributed by atoms with Gasteiger partial charge in [-0.3, -0.25) is 4.79 Å². The minimum Gasteiger partial charge on any atom is -0.372 e. The molecule has 0 unspecified atom stereocenters. The number of hydrogen-bond donors (Lipinski definition) is 1. The third kappa shape index (κ3) is 4.58. The van der Waals surface area contributed by atoms with Gasteiger partial charge in [-0.1, -0.05) is 31.4 Å². The minimum absolute atomic E-state index is 0.0655. The molecule has 1 aromatic rings. The Bertz CT molecular complexity index is 486. The first kappa shape index (κ1) is 16.5. The Morgan fingerprint density at radius 3 is 2.41 bits per heavy atom. The van der Waals surface area contributed by atoms with E-state index < -0.39 is 0 Å². The molecule has 1 fully saturated rings. The molecule has 0 radical (unpaired) electrons. The molecule has 0 heterocycles. The van der Waals surface area contributed by atoms with Crippen LogP contribution in [-0.2, 0) is 4.79 Å². The molecule has 1 aromatic carbocycles. The maximum atomic E-state index is 12.0. The second kappa shape index (κ2) is 8.57. The molecule has 1 saturated carbocycles. The van der Waals surface area contributed by atoms with E-state index >= 15 is 0 Å². The molecule has 0 atom stereocenters. The third-order valence-corrected chi connectivity index (χ3v) is 4.39. The van der Waals surface area contributed by atoms with Gasteiger partial charge in [0, 0.05) is 24.7 Å². The molecule has 120 valence electrons. The highest BCUT2D eigenvalue weighted by Gasteiger charge is 2.20. The molecular formula is C18H27N3O. The fraction of sp³-hybridized carbons (Fsp3) is 0.556. The molecule has 4 nitrogen and oxygen atoms in total. The molecule has 0 saturated heterocycles. The van der Waals surface area contributed by atoms with Crippen LogP contribution >= 0.6 is 0 Å². The van der Waals surface area contributed by atoms with Gasteiger partial charge in [-0.2, -0.15) is 5.10 Å². The van der Waals surface area contributed by atoms with Crippen LogP contribution in [0.1, 0.15) is 51.5 Å². The van der Waals surface area contributed by atoms with Crippen LogP contribution in [-0.4, -0.2) is 25.2 Å². The lowest BCUT2D eigenvalue weighted by Crippen LogP contribution is -2.28. The van der Waals surface area contributed by atoms with Gasteiger partial charge in [-0.25, -0.2) is 5.43 Å². The Hall–Kier alpha value is -1.84. The molecule has 22 heavy (non-hydrogen) atoms. The summed E-state index contributed by atoms with van der Waals surface area (Å²) in [7, 11) is 0. The normalized spacial score (nSPS) is 15.9. The topological polar surface area (TPSA) is 44.7 Å². The number of carbonyl (C=O) groups excluding carboxylic acids is 1. The van der Waals surface area contributed by atoms with E-state index in [1.807, 2.05) is 12.1 Å². The zero-order chi connectivity index (χ0) is 15.8. The van der Waals surface area contributed by atoms with Crippen molar-refractivity contribution in [3.05, 3.63) is 29.8 Å². The van der Waals surface area contributed by atoms with Crippen molar-refractivity contribution in [3.8, 4) is 0 Å². The van der Waals surface area contributed by atoms with Gasteiger partial charge in [-0.15, -0.1) is 0 Å². The van der Waals surface area contributed by atoms with Gasteiger partial charge in [-0.05, 0) is 44.4 Å². The first-order valence-electron chi connectivity index (χ1n) is 8.42. The molecular weight excluding hydrogens is 274 g/mol. The Morgan fingerprint density at radius 1 is 1.18 bits per heavy atom. The Balaban J connectivity index is 1.86. The predicted octanol–water partition coefficient (Wildman–Crippen LogP) is 3.56. The van der Waals surface area contributed by atoms with Crippen LogP contribution in [0.3, 0.4) is 0 Å². The predicted molar refractivity (Wildman–Crippen MR) is 92.3 cm³/mol. The van der Waals surface area contributed by atoms with Crippen LogP contribution in [0.4, 0.5) is 5.69 Å². The van der Waals surface area contributed by atoms with E-state index in [9.17, 15) is 4.79 Å². The summed E-state index contributed by atoms with van der Waals surface area (Å²) in [5.74, 6) is 0.214. The van der Waals surface area contributed by atoms with Crippen LogP contribution in [0.25, 0.3) is 0 Å². The van der Waals surface area contributed by atoms with E-state index in [1.165, 1.54) is 12.1 Å². The van der Waals surface area contributed by atoms with Crippen LogP contribution < -0.4 is 10.3 Å². The van der Waals surface area contributed by atoms with Crippen molar-refractivity contribution in [2.24, 2.45) is 11.0 Å². The Labute approximate surface area is 133 Å². The fourth-order valence-corrected chi connectivity index (χ4v) is 2.99.